The van der Waals surface area contributed by atoms with Crippen molar-refractivity contribution in [1.82, 2.24) is 5.32 Å². The first-order valence-corrected chi connectivity index (χ1v) is 16.9. The molecule has 21 nitrogen and oxygen atoms in total. The van der Waals surface area contributed by atoms with Gasteiger partial charge in [-0.15, -0.1) is 0 Å². The van der Waals surface area contributed by atoms with Crippen LogP contribution in [-0.2, 0) is 47.6 Å². The molecule has 3 heterocycles. The van der Waals surface area contributed by atoms with E-state index in [1.54, 1.807) is 6.92 Å². The number of ether oxygens (including phenoxy) is 6. The van der Waals surface area contributed by atoms with Crippen molar-refractivity contribution >= 4 is 23.6 Å². The van der Waals surface area contributed by atoms with Crippen LogP contribution < -0.4 is 5.32 Å². The molecule has 15 atom stereocenters. The largest absolute Gasteiger partial charge is 0.477 e. The zero-order valence-corrected chi connectivity index (χ0v) is 28.7. The van der Waals surface area contributed by atoms with Gasteiger partial charge in [0.2, 0.25) is 5.91 Å². The molecule has 0 aliphatic carbocycles. The fraction of sp³-hybridized carbons (Fsp3) is 0.871. The number of aliphatic hydroxyl groups is 9. The van der Waals surface area contributed by atoms with Crippen molar-refractivity contribution in [1.29, 1.82) is 0 Å². The Balaban J connectivity index is 1.80. The molecule has 300 valence electrons. The molecule has 21 heteroatoms. The number of hydrogen-bond donors (Lipinski definition) is 11. The molecule has 52 heavy (non-hydrogen) atoms. The second-order valence-corrected chi connectivity index (χ2v) is 13.0. The van der Waals surface area contributed by atoms with Crippen molar-refractivity contribution in [2.45, 2.75) is 144 Å². The van der Waals surface area contributed by atoms with Crippen LogP contribution in [0.5, 0.6) is 0 Å². The van der Waals surface area contributed by atoms with E-state index in [2.05, 4.69) is 5.32 Å². The number of esters is 1. The number of hydrogen-bond acceptors (Lipinski definition) is 19. The molecule has 0 aromatic rings. The van der Waals surface area contributed by atoms with Gasteiger partial charge in [-0.1, -0.05) is 0 Å². The number of amides is 1. The maximum atomic E-state index is 12.7. The normalized spacial score (nSPS) is 38.6. The van der Waals surface area contributed by atoms with Crippen LogP contribution in [0, 0.1) is 0 Å². The minimum absolute atomic E-state index is 0.0191. The Morgan fingerprint density at radius 3 is 2.12 bits per heavy atom. The second-order valence-electron chi connectivity index (χ2n) is 13.0. The SMILES string of the molecule is CCOC(=O)CCCC(=O)C[C@@H]1O[C@H](CO)[C@@H](O[C@@H]2O[C@H](CO)[C@H](O)[C@H](O[C@]3(C(=O)O)C[C@H](O)[C@@H](NC(C)=O)[C@H](C[C@H](O)CO)O3)[C@H]2O)[C@H](O)[C@H]1O. The Morgan fingerprint density at radius 1 is 0.865 bits per heavy atom. The summed E-state index contributed by atoms with van der Waals surface area (Å²) < 4.78 is 33.0. The van der Waals surface area contributed by atoms with Crippen LogP contribution in [0.4, 0.5) is 0 Å². The van der Waals surface area contributed by atoms with E-state index in [1.165, 1.54) is 0 Å². The summed E-state index contributed by atoms with van der Waals surface area (Å²) in [4.78, 5) is 48.6. The maximum absolute atomic E-state index is 12.7. The van der Waals surface area contributed by atoms with Gasteiger partial charge in [0.15, 0.2) is 6.29 Å². The van der Waals surface area contributed by atoms with E-state index in [4.69, 9.17) is 28.4 Å². The average molecular weight is 758 g/mol. The smallest absolute Gasteiger partial charge is 0.364 e. The predicted octanol–water partition coefficient (Wildman–Crippen LogP) is -5.45. The fourth-order valence-electron chi connectivity index (χ4n) is 6.41. The van der Waals surface area contributed by atoms with Crippen LogP contribution in [0.3, 0.4) is 0 Å². The first-order valence-electron chi connectivity index (χ1n) is 16.9. The third kappa shape index (κ3) is 10.8. The molecule has 0 radical (unpaired) electrons. The molecule has 0 unspecified atom stereocenters. The molecule has 3 saturated heterocycles. The highest BCUT2D eigenvalue weighted by atomic mass is 16.8. The van der Waals surface area contributed by atoms with Crippen molar-refractivity contribution < 1.29 is 98.7 Å². The summed E-state index contributed by atoms with van der Waals surface area (Å²) >= 11 is 0. The number of nitrogens with one attached hydrogen (secondary N) is 1. The number of carboxylic acid groups (broad SMARTS) is 1. The van der Waals surface area contributed by atoms with E-state index in [0.29, 0.717) is 0 Å². The number of carboxylic acids is 1. The molecule has 11 N–H and O–H groups in total. The number of aliphatic carboxylic acids is 1. The van der Waals surface area contributed by atoms with Gasteiger partial charge in [0.1, 0.15) is 54.6 Å². The van der Waals surface area contributed by atoms with Gasteiger partial charge in [0.25, 0.3) is 5.79 Å². The van der Waals surface area contributed by atoms with Gasteiger partial charge in [-0.05, 0) is 13.3 Å². The monoisotopic (exact) mass is 757 g/mol. The minimum Gasteiger partial charge on any atom is -0.477 e. The molecule has 3 aliphatic heterocycles. The topological polar surface area (TPSA) is 338 Å². The van der Waals surface area contributed by atoms with Crippen LogP contribution in [0.2, 0.25) is 0 Å². The first-order chi connectivity index (χ1) is 24.5. The van der Waals surface area contributed by atoms with E-state index >= 15 is 0 Å². The summed E-state index contributed by atoms with van der Waals surface area (Å²) in [5.74, 6) is -6.32. The minimum atomic E-state index is -2.88. The quantitative estimate of drug-likeness (QED) is 0.0581. The van der Waals surface area contributed by atoms with Crippen molar-refractivity contribution in [3.8, 4) is 0 Å². The van der Waals surface area contributed by atoms with Gasteiger partial charge in [0.05, 0.1) is 56.9 Å². The maximum Gasteiger partial charge on any atom is 0.364 e. The van der Waals surface area contributed by atoms with Crippen LogP contribution in [0.1, 0.15) is 52.4 Å². The second kappa shape index (κ2) is 19.7. The Morgan fingerprint density at radius 2 is 1.54 bits per heavy atom. The average Bonchev–Trinajstić information content (AvgIpc) is 3.08. The Kier molecular flexibility index (Phi) is 16.7. The highest BCUT2D eigenvalue weighted by Gasteiger charge is 2.59. The molecule has 3 aliphatic rings. The van der Waals surface area contributed by atoms with Crippen molar-refractivity contribution in [3.05, 3.63) is 0 Å². The van der Waals surface area contributed by atoms with Crippen LogP contribution >= 0.6 is 0 Å². The van der Waals surface area contributed by atoms with Gasteiger partial charge in [-0.25, -0.2) is 4.79 Å². The zero-order chi connectivity index (χ0) is 38.9. The Hall–Kier alpha value is -2.48. The highest BCUT2D eigenvalue weighted by molar-refractivity contribution is 5.79. The van der Waals surface area contributed by atoms with Crippen LogP contribution in [0.15, 0.2) is 0 Å². The summed E-state index contributed by atoms with van der Waals surface area (Å²) in [5.41, 5.74) is 0. The van der Waals surface area contributed by atoms with Crippen molar-refractivity contribution in [2.24, 2.45) is 0 Å². The van der Waals surface area contributed by atoms with E-state index in [1.807, 2.05) is 0 Å². The molecule has 0 saturated carbocycles. The van der Waals surface area contributed by atoms with E-state index in [-0.39, 0.29) is 25.9 Å². The number of Topliss-reactive ketones (excluding diaryl/α,β-unsaturated/α-hetero) is 1. The van der Waals surface area contributed by atoms with Gasteiger partial charge >= 0.3 is 11.9 Å². The van der Waals surface area contributed by atoms with E-state index in [9.17, 15) is 70.2 Å². The van der Waals surface area contributed by atoms with Crippen molar-refractivity contribution in [3.63, 3.8) is 0 Å². The molecular formula is C31H51NO20. The lowest BCUT2D eigenvalue weighted by atomic mass is 9.89. The van der Waals surface area contributed by atoms with E-state index < -0.39 is 154 Å². The fourth-order valence-corrected chi connectivity index (χ4v) is 6.41. The lowest BCUT2D eigenvalue weighted by molar-refractivity contribution is -0.378. The van der Waals surface area contributed by atoms with E-state index in [0.717, 1.165) is 6.92 Å². The summed E-state index contributed by atoms with van der Waals surface area (Å²) in [6, 6.07) is -1.29. The van der Waals surface area contributed by atoms with Crippen LogP contribution in [-0.4, -0.2) is 192 Å². The standard InChI is InChI=1S/C31H51NO20/c1-3-47-21(40)6-4-5-14(37)7-18-23(41)25(43)27(20(12-35)48-18)50-29-26(44)28(24(42)19(11-34)49-29)52-31(30(45)46)9-16(39)22(32-13(2)36)17(51-31)8-15(38)10-33/h15-20,22-29,33-35,38-39,41-44H,3-12H2,1-2H3,(H,32,36)(H,45,46)/t15-,16-,17-,18-,19+,20+,22+,23-,24-,25+,26+,27+,28-,29-,31-/m0/s1. The molecule has 0 aromatic carbocycles. The highest BCUT2D eigenvalue weighted by Crippen LogP contribution is 2.38. The number of carbonyl (C=O) groups excluding carboxylic acids is 3. The lowest BCUT2D eigenvalue weighted by Gasteiger charge is -2.50. The molecule has 1 amide bonds. The lowest BCUT2D eigenvalue weighted by Crippen LogP contribution is -2.69. The third-order valence-electron chi connectivity index (χ3n) is 9.02. The number of ketones is 1. The molecule has 3 rings (SSSR count). The number of carbonyl (C=O) groups is 4. The summed E-state index contributed by atoms with van der Waals surface area (Å²) in [5, 5.41) is 107. The predicted molar refractivity (Wildman–Crippen MR) is 167 cm³/mol. The molecule has 3 fully saturated rings. The summed E-state index contributed by atoms with van der Waals surface area (Å²) in [6.45, 7) is 0.321. The molecule has 0 bridgehead atoms. The third-order valence-corrected chi connectivity index (χ3v) is 9.02. The summed E-state index contributed by atoms with van der Waals surface area (Å²) in [7, 11) is 0. The Labute approximate surface area is 297 Å². The van der Waals surface area contributed by atoms with Gasteiger partial charge in [-0.3, -0.25) is 14.4 Å². The van der Waals surface area contributed by atoms with Crippen LogP contribution in [0.25, 0.3) is 0 Å². The van der Waals surface area contributed by atoms with Gasteiger partial charge in [0, 0.05) is 39.0 Å². The zero-order valence-electron chi connectivity index (χ0n) is 28.7. The summed E-state index contributed by atoms with van der Waals surface area (Å²) in [6.07, 6.45) is -24.4. The van der Waals surface area contributed by atoms with Gasteiger partial charge < -0.3 is 84.8 Å². The number of aliphatic hydroxyl groups excluding tert-OH is 9. The Bertz CT molecular complexity index is 1190. The molecule has 0 spiro atoms. The molecular weight excluding hydrogens is 706 g/mol. The van der Waals surface area contributed by atoms with Crippen molar-refractivity contribution in [2.75, 3.05) is 26.4 Å². The molecule has 0 aromatic heterocycles. The first kappa shape index (κ1) is 43.9. The van der Waals surface area contributed by atoms with Gasteiger partial charge in [-0.2, -0.15) is 0 Å². The number of rotatable bonds is 18.